The van der Waals surface area contributed by atoms with E-state index < -0.39 is 26.0 Å². The van der Waals surface area contributed by atoms with Crippen LogP contribution in [-0.2, 0) is 24.8 Å². The number of aryl methyl sites for hydroxylation is 1. The van der Waals surface area contributed by atoms with E-state index in [4.69, 9.17) is 4.74 Å². The molecule has 0 radical (unpaired) electrons. The normalized spacial score (nSPS) is 11.8. The molecule has 0 saturated carbocycles. The lowest BCUT2D eigenvalue weighted by Gasteiger charge is -2.12. The molecule has 0 aliphatic rings. The fourth-order valence-corrected chi connectivity index (χ4v) is 4.31. The second-order valence-electron chi connectivity index (χ2n) is 5.54. The van der Waals surface area contributed by atoms with Gasteiger partial charge >= 0.3 is 5.97 Å². The van der Waals surface area contributed by atoms with Crippen LogP contribution in [0.3, 0.4) is 0 Å². The Hall–Kier alpha value is -2.43. The minimum Gasteiger partial charge on any atom is -0.462 e. The molecule has 0 bridgehead atoms. The van der Waals surface area contributed by atoms with Crippen LogP contribution in [0.4, 0.5) is 5.69 Å². The standard InChI is InChI=1S/C17H20N2O6S2/c1-4-25-17(20)13-6-9-15(10-7-13)26(21,22)19-14-8-5-12(2)16(11-14)27(23,24)18-3/h5-11,18-19H,4H2,1-3H3. The Morgan fingerprint density at radius 2 is 1.63 bits per heavy atom. The summed E-state index contributed by atoms with van der Waals surface area (Å²) in [5, 5.41) is 0. The highest BCUT2D eigenvalue weighted by atomic mass is 32.2. The van der Waals surface area contributed by atoms with Crippen molar-refractivity contribution in [3.8, 4) is 0 Å². The molecule has 8 nitrogen and oxygen atoms in total. The third-order valence-electron chi connectivity index (χ3n) is 3.67. The molecule has 0 aliphatic carbocycles. The van der Waals surface area contributed by atoms with Gasteiger partial charge < -0.3 is 4.74 Å². The summed E-state index contributed by atoms with van der Waals surface area (Å²) >= 11 is 0. The van der Waals surface area contributed by atoms with Crippen LogP contribution in [0.1, 0.15) is 22.8 Å². The molecule has 0 atom stereocenters. The summed E-state index contributed by atoms with van der Waals surface area (Å²) in [6.07, 6.45) is 0. The van der Waals surface area contributed by atoms with E-state index in [1.165, 1.54) is 49.5 Å². The van der Waals surface area contributed by atoms with E-state index in [0.717, 1.165) is 0 Å². The Labute approximate surface area is 158 Å². The summed E-state index contributed by atoms with van der Waals surface area (Å²) in [5.74, 6) is -0.546. The van der Waals surface area contributed by atoms with Gasteiger partial charge in [-0.2, -0.15) is 0 Å². The number of rotatable bonds is 7. The molecule has 0 fully saturated rings. The maximum atomic E-state index is 12.5. The number of benzene rings is 2. The molecule has 2 aromatic carbocycles. The zero-order valence-corrected chi connectivity index (χ0v) is 16.6. The van der Waals surface area contributed by atoms with Crippen molar-refractivity contribution >= 4 is 31.7 Å². The summed E-state index contributed by atoms with van der Waals surface area (Å²) < 4.78 is 58.5. The molecule has 2 N–H and O–H groups in total. The number of carbonyl (C=O) groups excluding carboxylic acids is 1. The minimum atomic E-state index is -3.97. The van der Waals surface area contributed by atoms with Crippen molar-refractivity contribution in [2.45, 2.75) is 23.6 Å². The highest BCUT2D eigenvalue weighted by Gasteiger charge is 2.19. The molecule has 27 heavy (non-hydrogen) atoms. The molecule has 0 aromatic heterocycles. The first kappa shape index (κ1) is 20.9. The van der Waals surface area contributed by atoms with E-state index in [1.807, 2.05) is 0 Å². The molecular formula is C17H20N2O6S2. The molecule has 0 saturated heterocycles. The highest BCUT2D eigenvalue weighted by molar-refractivity contribution is 7.92. The molecule has 0 amide bonds. The largest absolute Gasteiger partial charge is 0.462 e. The van der Waals surface area contributed by atoms with Crippen molar-refractivity contribution in [3.05, 3.63) is 53.6 Å². The number of hydrogen-bond acceptors (Lipinski definition) is 6. The van der Waals surface area contributed by atoms with Crippen molar-refractivity contribution in [1.82, 2.24) is 4.72 Å². The first-order valence-electron chi connectivity index (χ1n) is 7.95. The first-order chi connectivity index (χ1) is 12.6. The lowest BCUT2D eigenvalue weighted by atomic mass is 10.2. The van der Waals surface area contributed by atoms with E-state index >= 15 is 0 Å². The smallest absolute Gasteiger partial charge is 0.338 e. The van der Waals surface area contributed by atoms with Crippen LogP contribution in [0.2, 0.25) is 0 Å². The van der Waals surface area contributed by atoms with Gasteiger partial charge in [0.05, 0.1) is 27.6 Å². The monoisotopic (exact) mass is 412 g/mol. The summed E-state index contributed by atoms with van der Waals surface area (Å²) in [6, 6.07) is 9.45. The number of nitrogens with one attached hydrogen (secondary N) is 2. The maximum absolute atomic E-state index is 12.5. The Morgan fingerprint density at radius 3 is 2.19 bits per heavy atom. The lowest BCUT2D eigenvalue weighted by Crippen LogP contribution is -2.20. The quantitative estimate of drug-likeness (QED) is 0.670. The van der Waals surface area contributed by atoms with Crippen molar-refractivity contribution in [2.75, 3.05) is 18.4 Å². The summed E-state index contributed by atoms with van der Waals surface area (Å²) in [7, 11) is -6.42. The Kier molecular flexibility index (Phi) is 6.24. The van der Waals surface area contributed by atoms with Gasteiger partial charge in [0.25, 0.3) is 10.0 Å². The zero-order valence-electron chi connectivity index (χ0n) is 15.0. The molecule has 2 aromatic rings. The number of hydrogen-bond donors (Lipinski definition) is 2. The van der Waals surface area contributed by atoms with E-state index in [1.54, 1.807) is 13.8 Å². The number of esters is 1. The van der Waals surface area contributed by atoms with Crippen LogP contribution in [0, 0.1) is 6.92 Å². The van der Waals surface area contributed by atoms with Crippen molar-refractivity contribution < 1.29 is 26.4 Å². The van der Waals surface area contributed by atoms with Gasteiger partial charge in [-0.1, -0.05) is 6.07 Å². The van der Waals surface area contributed by atoms with Crippen LogP contribution < -0.4 is 9.44 Å². The molecule has 0 aliphatic heterocycles. The SMILES string of the molecule is CCOC(=O)c1ccc(S(=O)(=O)Nc2ccc(C)c(S(=O)(=O)NC)c2)cc1. The second-order valence-corrected chi connectivity index (χ2v) is 9.08. The van der Waals surface area contributed by atoms with Gasteiger partial charge in [-0.05, 0) is 62.9 Å². The Balaban J connectivity index is 2.31. The summed E-state index contributed by atoms with van der Waals surface area (Å²) in [5.41, 5.74) is 0.809. The lowest BCUT2D eigenvalue weighted by molar-refractivity contribution is 0.0526. The maximum Gasteiger partial charge on any atom is 0.338 e. The van der Waals surface area contributed by atoms with Gasteiger partial charge in [0.15, 0.2) is 0 Å². The molecular weight excluding hydrogens is 392 g/mol. The number of anilines is 1. The van der Waals surface area contributed by atoms with Crippen LogP contribution in [0.25, 0.3) is 0 Å². The number of sulfonamides is 2. The van der Waals surface area contributed by atoms with Crippen LogP contribution in [0.15, 0.2) is 52.3 Å². The van der Waals surface area contributed by atoms with Crippen molar-refractivity contribution in [2.24, 2.45) is 0 Å². The molecule has 0 heterocycles. The molecule has 10 heteroatoms. The average Bonchev–Trinajstić information content (AvgIpc) is 2.63. The second kappa shape index (κ2) is 8.07. The van der Waals surface area contributed by atoms with Gasteiger partial charge in [-0.3, -0.25) is 4.72 Å². The zero-order chi connectivity index (χ0) is 20.2. The van der Waals surface area contributed by atoms with Crippen LogP contribution in [-0.4, -0.2) is 36.5 Å². The van der Waals surface area contributed by atoms with Crippen LogP contribution >= 0.6 is 0 Å². The van der Waals surface area contributed by atoms with E-state index in [-0.39, 0.29) is 27.6 Å². The molecule has 0 spiro atoms. The fraction of sp³-hybridized carbons (Fsp3) is 0.235. The molecule has 2 rings (SSSR count). The summed E-state index contributed by atoms with van der Waals surface area (Å²) in [4.78, 5) is 11.5. The van der Waals surface area contributed by atoms with Crippen LogP contribution in [0.5, 0.6) is 0 Å². The van der Waals surface area contributed by atoms with E-state index in [0.29, 0.717) is 5.56 Å². The number of carbonyl (C=O) groups is 1. The molecule has 0 unspecified atom stereocenters. The predicted octanol–water partition coefficient (Wildman–Crippen LogP) is 1.88. The topological polar surface area (TPSA) is 119 Å². The van der Waals surface area contributed by atoms with Gasteiger partial charge in [-0.25, -0.2) is 26.4 Å². The third-order valence-corrected chi connectivity index (χ3v) is 6.63. The predicted molar refractivity (Wildman–Crippen MR) is 101 cm³/mol. The fourth-order valence-electron chi connectivity index (χ4n) is 2.26. The van der Waals surface area contributed by atoms with Gasteiger partial charge in [0.2, 0.25) is 10.0 Å². The third kappa shape index (κ3) is 4.85. The van der Waals surface area contributed by atoms with Gasteiger partial charge in [0.1, 0.15) is 0 Å². The molecule has 146 valence electrons. The Morgan fingerprint density at radius 1 is 1.00 bits per heavy atom. The van der Waals surface area contributed by atoms with Crippen molar-refractivity contribution in [1.29, 1.82) is 0 Å². The Bertz CT molecular complexity index is 1050. The van der Waals surface area contributed by atoms with Gasteiger partial charge in [0, 0.05) is 0 Å². The minimum absolute atomic E-state index is 0.0251. The van der Waals surface area contributed by atoms with Gasteiger partial charge in [-0.15, -0.1) is 0 Å². The van der Waals surface area contributed by atoms with E-state index in [2.05, 4.69) is 9.44 Å². The highest BCUT2D eigenvalue weighted by Crippen LogP contribution is 2.22. The van der Waals surface area contributed by atoms with Crippen molar-refractivity contribution in [3.63, 3.8) is 0 Å². The number of ether oxygens (including phenoxy) is 1. The average molecular weight is 412 g/mol. The van der Waals surface area contributed by atoms with E-state index in [9.17, 15) is 21.6 Å². The first-order valence-corrected chi connectivity index (χ1v) is 10.9. The summed E-state index contributed by atoms with van der Waals surface area (Å²) in [6.45, 7) is 3.49.